The molecule has 0 aromatic heterocycles. The first-order valence-corrected chi connectivity index (χ1v) is 13.0. The normalized spacial score (nSPS) is 24.4. The Bertz CT molecular complexity index is 1070. The van der Waals surface area contributed by atoms with Gasteiger partial charge in [-0.25, -0.2) is 22.0 Å². The summed E-state index contributed by atoms with van der Waals surface area (Å²) in [4.78, 5) is 0. The third-order valence-corrected chi connectivity index (χ3v) is 7.39. The highest BCUT2D eigenvalue weighted by Crippen LogP contribution is 2.40. The van der Waals surface area contributed by atoms with Crippen LogP contribution in [0, 0.1) is 40.9 Å². The Morgan fingerprint density at radius 3 is 2.11 bits per heavy atom. The molecule has 1 heterocycles. The van der Waals surface area contributed by atoms with E-state index in [0.717, 1.165) is 25.7 Å². The molecule has 1 saturated heterocycles. The second-order valence-electron chi connectivity index (χ2n) is 10.2. The number of benzene rings is 2. The molecule has 3 nitrogen and oxygen atoms in total. The second kappa shape index (κ2) is 12.2. The van der Waals surface area contributed by atoms with E-state index in [4.69, 9.17) is 9.47 Å². The molecule has 1 aliphatic carbocycles. The first-order chi connectivity index (χ1) is 18.1. The van der Waals surface area contributed by atoms with Crippen LogP contribution < -0.4 is 4.74 Å². The molecule has 0 unspecified atom stereocenters. The van der Waals surface area contributed by atoms with Crippen LogP contribution in [-0.4, -0.2) is 25.6 Å². The zero-order chi connectivity index (χ0) is 27.4. The minimum Gasteiger partial charge on any atom is -0.432 e. The molecule has 2 fully saturated rings. The molecule has 0 atom stereocenters. The van der Waals surface area contributed by atoms with Crippen LogP contribution >= 0.6 is 0 Å². The first-order valence-electron chi connectivity index (χ1n) is 13.0. The van der Waals surface area contributed by atoms with Crippen molar-refractivity contribution in [3.05, 3.63) is 64.5 Å². The average Bonchev–Trinajstić information content (AvgIpc) is 2.89. The number of hydrogen-bond donors (Lipinski definition) is 0. The van der Waals surface area contributed by atoms with Crippen LogP contribution in [0.25, 0.3) is 0 Å². The number of rotatable bonds is 9. The van der Waals surface area contributed by atoms with Gasteiger partial charge in [0.2, 0.25) is 0 Å². The summed E-state index contributed by atoms with van der Waals surface area (Å²) in [5.41, 5.74) is -0.0659. The zero-order valence-corrected chi connectivity index (χ0v) is 21.1. The van der Waals surface area contributed by atoms with Gasteiger partial charge in [-0.2, -0.15) is 8.78 Å². The van der Waals surface area contributed by atoms with Gasteiger partial charge >= 0.3 is 6.11 Å². The monoisotopic (exact) mass is 548 g/mol. The summed E-state index contributed by atoms with van der Waals surface area (Å²) in [6.45, 7) is 3.46. The third kappa shape index (κ3) is 6.81. The van der Waals surface area contributed by atoms with E-state index in [1.807, 2.05) is 0 Å². The van der Waals surface area contributed by atoms with Gasteiger partial charge in [0.1, 0.15) is 5.75 Å². The van der Waals surface area contributed by atoms with E-state index in [1.165, 1.54) is 12.1 Å². The van der Waals surface area contributed by atoms with Crippen LogP contribution in [0.1, 0.15) is 68.9 Å². The molecule has 1 aliphatic heterocycles. The van der Waals surface area contributed by atoms with Gasteiger partial charge in [-0.15, -0.1) is 0 Å². The topological polar surface area (TPSA) is 27.7 Å². The van der Waals surface area contributed by atoms with Gasteiger partial charge in [-0.3, -0.25) is 0 Å². The first kappa shape index (κ1) is 28.7. The quantitative estimate of drug-likeness (QED) is 0.234. The summed E-state index contributed by atoms with van der Waals surface area (Å²) < 4.78 is 114. The lowest BCUT2D eigenvalue weighted by Gasteiger charge is -2.37. The Kier molecular flexibility index (Phi) is 9.23. The molecule has 4 rings (SSSR count). The molecule has 2 aliphatic rings. The fraction of sp³-hybridized carbons (Fsp3) is 0.571. The number of alkyl halides is 2. The Morgan fingerprint density at radius 1 is 0.868 bits per heavy atom. The van der Waals surface area contributed by atoms with E-state index in [1.54, 1.807) is 0 Å². The van der Waals surface area contributed by atoms with Gasteiger partial charge in [-0.05, 0) is 55.6 Å². The maximum Gasteiger partial charge on any atom is 0.398 e. The van der Waals surface area contributed by atoms with Crippen LogP contribution in [0.2, 0.25) is 0 Å². The fourth-order valence-electron chi connectivity index (χ4n) is 5.32. The minimum absolute atomic E-state index is 0.186. The Hall–Kier alpha value is -2.33. The molecule has 0 N–H and O–H groups in total. The van der Waals surface area contributed by atoms with Gasteiger partial charge < -0.3 is 14.2 Å². The van der Waals surface area contributed by atoms with Crippen LogP contribution in [0.15, 0.2) is 24.3 Å². The predicted molar refractivity (Wildman–Crippen MR) is 125 cm³/mol. The summed E-state index contributed by atoms with van der Waals surface area (Å²) in [6, 6.07) is 3.26. The highest BCUT2D eigenvalue weighted by molar-refractivity contribution is 5.30. The number of hydrogen-bond acceptors (Lipinski definition) is 3. The molecule has 10 heteroatoms. The zero-order valence-electron chi connectivity index (χ0n) is 21.1. The maximum absolute atomic E-state index is 14.9. The minimum atomic E-state index is -3.96. The second-order valence-corrected chi connectivity index (χ2v) is 10.2. The van der Waals surface area contributed by atoms with Crippen molar-refractivity contribution in [3.63, 3.8) is 0 Å². The van der Waals surface area contributed by atoms with Crippen molar-refractivity contribution in [2.24, 2.45) is 11.8 Å². The third-order valence-electron chi connectivity index (χ3n) is 7.39. The lowest BCUT2D eigenvalue weighted by Crippen LogP contribution is -2.38. The van der Waals surface area contributed by atoms with Crippen molar-refractivity contribution in [1.29, 1.82) is 0 Å². The molecule has 0 spiro atoms. The largest absolute Gasteiger partial charge is 0.432 e. The average molecular weight is 549 g/mol. The molecule has 2 aromatic rings. The van der Waals surface area contributed by atoms with E-state index in [0.29, 0.717) is 32.0 Å². The Morgan fingerprint density at radius 2 is 1.50 bits per heavy atom. The van der Waals surface area contributed by atoms with Crippen LogP contribution in [0.5, 0.6) is 5.75 Å². The number of halogens is 7. The van der Waals surface area contributed by atoms with E-state index >= 15 is 0 Å². The molecule has 1 saturated carbocycles. The summed E-state index contributed by atoms with van der Waals surface area (Å²) >= 11 is 0. The molecule has 0 radical (unpaired) electrons. The fourth-order valence-corrected chi connectivity index (χ4v) is 5.32. The molecule has 0 amide bonds. The smallest absolute Gasteiger partial charge is 0.398 e. The van der Waals surface area contributed by atoms with Crippen molar-refractivity contribution in [2.75, 3.05) is 13.2 Å². The lowest BCUT2D eigenvalue weighted by atomic mass is 9.78. The number of aryl methyl sites for hydroxylation is 1. The van der Waals surface area contributed by atoms with Gasteiger partial charge in [0.05, 0.1) is 19.6 Å². The van der Waals surface area contributed by atoms with Crippen molar-refractivity contribution >= 4 is 0 Å². The van der Waals surface area contributed by atoms with Crippen LogP contribution in [-0.2, 0) is 15.9 Å². The SMILES string of the molecule is CCCC1COC(C2CCC(c3ccc(CCC(F)(F)Oc4cc(F)c(F)c(F)c4)c(F)c3F)CC2)OC1. The standard InChI is InChI=1S/C28H31F7O3/c1-2-3-16-14-36-27(37-15-16)19-6-4-17(5-7-19)21-9-8-18(24(31)25(21)32)10-11-28(34,35)38-20-12-22(29)26(33)23(30)13-20/h8-9,12-13,16-17,19,27H,2-7,10-11,14-15H2,1H3. The van der Waals surface area contributed by atoms with E-state index < -0.39 is 53.8 Å². The highest BCUT2D eigenvalue weighted by atomic mass is 19.3. The van der Waals surface area contributed by atoms with E-state index in [-0.39, 0.29) is 41.4 Å². The van der Waals surface area contributed by atoms with Gasteiger partial charge in [0, 0.05) is 24.0 Å². The highest BCUT2D eigenvalue weighted by Gasteiger charge is 2.35. The summed E-state index contributed by atoms with van der Waals surface area (Å²) in [7, 11) is 0. The van der Waals surface area contributed by atoms with E-state index in [9.17, 15) is 30.7 Å². The molecule has 0 bridgehead atoms. The molecule has 38 heavy (non-hydrogen) atoms. The van der Waals surface area contributed by atoms with Crippen molar-refractivity contribution in [1.82, 2.24) is 0 Å². The van der Waals surface area contributed by atoms with Crippen molar-refractivity contribution in [3.8, 4) is 5.75 Å². The van der Waals surface area contributed by atoms with Gasteiger partial charge in [-0.1, -0.05) is 25.5 Å². The summed E-state index contributed by atoms with van der Waals surface area (Å²) in [5, 5.41) is 0. The van der Waals surface area contributed by atoms with Crippen molar-refractivity contribution < 1.29 is 44.9 Å². The molecular weight excluding hydrogens is 517 g/mol. The van der Waals surface area contributed by atoms with Crippen LogP contribution in [0.3, 0.4) is 0 Å². The van der Waals surface area contributed by atoms with E-state index in [2.05, 4.69) is 11.7 Å². The Labute approximate surface area is 217 Å². The predicted octanol–water partition coefficient (Wildman–Crippen LogP) is 8.05. The van der Waals surface area contributed by atoms with Gasteiger partial charge in [0.25, 0.3) is 0 Å². The molecule has 210 valence electrons. The van der Waals surface area contributed by atoms with Gasteiger partial charge in [0.15, 0.2) is 35.4 Å². The molecule has 2 aromatic carbocycles. The summed E-state index contributed by atoms with van der Waals surface area (Å²) in [6.07, 6.45) is -1.07. The molecular formula is C28H31F7O3. The summed E-state index contributed by atoms with van der Waals surface area (Å²) in [5.74, 6) is -8.00. The lowest BCUT2D eigenvalue weighted by molar-refractivity contribution is -0.229. The van der Waals surface area contributed by atoms with Crippen LogP contribution in [0.4, 0.5) is 30.7 Å². The number of ether oxygens (including phenoxy) is 3. The van der Waals surface area contributed by atoms with Crippen molar-refractivity contribution in [2.45, 2.75) is 76.6 Å². The maximum atomic E-state index is 14.9. The Balaban J connectivity index is 1.32.